The predicted octanol–water partition coefficient (Wildman–Crippen LogP) is 4.19. The average molecular weight is 470 g/mol. The van der Waals surface area contributed by atoms with Crippen LogP contribution < -0.4 is 10.0 Å². The zero-order chi connectivity index (χ0) is 23.8. The fraction of sp³-hybridized carbons (Fsp3) is 0.240. The van der Waals surface area contributed by atoms with Gasteiger partial charge in [0.2, 0.25) is 0 Å². The summed E-state index contributed by atoms with van der Waals surface area (Å²) in [6.07, 6.45) is 0.810. The lowest BCUT2D eigenvalue weighted by Crippen LogP contribution is -2.28. The highest BCUT2D eigenvalue weighted by Crippen LogP contribution is 2.19. The van der Waals surface area contributed by atoms with Crippen molar-refractivity contribution in [2.24, 2.45) is 0 Å². The molecular weight excluding hydrogens is 441 g/mol. The van der Waals surface area contributed by atoms with Crippen molar-refractivity contribution in [2.45, 2.75) is 24.8 Å². The van der Waals surface area contributed by atoms with E-state index in [2.05, 4.69) is 27.1 Å². The van der Waals surface area contributed by atoms with E-state index in [1.807, 2.05) is 25.2 Å². The first kappa shape index (κ1) is 24.4. The van der Waals surface area contributed by atoms with Crippen LogP contribution in [0.15, 0.2) is 77.7 Å². The van der Waals surface area contributed by atoms with Gasteiger partial charge in [0.05, 0.1) is 4.90 Å². The molecule has 1 amide bonds. The third-order valence-electron chi connectivity index (χ3n) is 5.14. The first-order chi connectivity index (χ1) is 15.7. The molecule has 0 bridgehead atoms. The van der Waals surface area contributed by atoms with E-state index in [1.165, 1.54) is 36.8 Å². The largest absolute Gasteiger partial charge is 0.352 e. The predicted molar refractivity (Wildman–Crippen MR) is 128 cm³/mol. The number of rotatable bonds is 10. The molecule has 3 aromatic carbocycles. The fourth-order valence-corrected chi connectivity index (χ4v) is 4.46. The Balaban J connectivity index is 1.47. The van der Waals surface area contributed by atoms with E-state index in [-0.39, 0.29) is 16.4 Å². The van der Waals surface area contributed by atoms with Gasteiger partial charge in [0.1, 0.15) is 5.82 Å². The summed E-state index contributed by atoms with van der Waals surface area (Å²) in [4.78, 5) is 14.5. The zero-order valence-electron chi connectivity index (χ0n) is 18.7. The molecule has 0 spiro atoms. The quantitative estimate of drug-likeness (QED) is 0.437. The van der Waals surface area contributed by atoms with E-state index < -0.39 is 15.8 Å². The highest BCUT2D eigenvalue weighted by molar-refractivity contribution is 7.92. The SMILES string of the molecule is Cc1cc(S(=O)(=O)Nc2ccc(C(=O)NCCCN(C)Cc3ccccc3)cc2)ccc1F. The van der Waals surface area contributed by atoms with Gasteiger partial charge in [-0.1, -0.05) is 30.3 Å². The molecule has 0 aliphatic heterocycles. The summed E-state index contributed by atoms with van der Waals surface area (Å²) in [5.74, 6) is -0.684. The molecule has 0 heterocycles. The van der Waals surface area contributed by atoms with E-state index in [4.69, 9.17) is 0 Å². The molecule has 0 saturated heterocycles. The number of sulfonamides is 1. The van der Waals surface area contributed by atoms with Gasteiger partial charge < -0.3 is 10.2 Å². The molecule has 174 valence electrons. The second-order valence-corrected chi connectivity index (χ2v) is 9.61. The summed E-state index contributed by atoms with van der Waals surface area (Å²) in [5.41, 5.74) is 2.25. The number of nitrogens with zero attached hydrogens (tertiary/aromatic N) is 1. The number of nitrogens with one attached hydrogen (secondary N) is 2. The van der Waals surface area contributed by atoms with Gasteiger partial charge in [-0.2, -0.15) is 0 Å². The van der Waals surface area contributed by atoms with Crippen molar-refractivity contribution in [3.63, 3.8) is 0 Å². The van der Waals surface area contributed by atoms with E-state index >= 15 is 0 Å². The van der Waals surface area contributed by atoms with Crippen molar-refractivity contribution < 1.29 is 17.6 Å². The van der Waals surface area contributed by atoms with Crippen molar-refractivity contribution in [1.29, 1.82) is 0 Å². The second kappa shape index (κ2) is 11.1. The zero-order valence-corrected chi connectivity index (χ0v) is 19.5. The standard InChI is InChI=1S/C25H28FN3O3S/c1-19-17-23(13-14-24(19)26)33(31,32)28-22-11-9-21(10-12-22)25(30)27-15-6-16-29(2)18-20-7-4-3-5-8-20/h3-5,7-14,17,28H,6,15-16,18H2,1-2H3,(H,27,30). The van der Waals surface area contributed by atoms with Gasteiger partial charge in [0.15, 0.2) is 0 Å². The lowest BCUT2D eigenvalue weighted by Gasteiger charge is -2.16. The number of aryl methyl sites for hydroxylation is 1. The van der Waals surface area contributed by atoms with Crippen LogP contribution in [0.3, 0.4) is 0 Å². The summed E-state index contributed by atoms with van der Waals surface area (Å²) < 4.78 is 40.9. The lowest BCUT2D eigenvalue weighted by atomic mass is 10.2. The van der Waals surface area contributed by atoms with Crippen LogP contribution in [-0.4, -0.2) is 39.4 Å². The van der Waals surface area contributed by atoms with Crippen LogP contribution in [0.5, 0.6) is 0 Å². The van der Waals surface area contributed by atoms with Crippen LogP contribution in [0.1, 0.15) is 27.9 Å². The van der Waals surface area contributed by atoms with Gasteiger partial charge in [-0.15, -0.1) is 0 Å². The third-order valence-corrected chi connectivity index (χ3v) is 6.52. The number of hydrogen-bond donors (Lipinski definition) is 2. The Morgan fingerprint density at radius 2 is 1.70 bits per heavy atom. The molecule has 0 aliphatic rings. The minimum atomic E-state index is -3.86. The smallest absolute Gasteiger partial charge is 0.261 e. The van der Waals surface area contributed by atoms with Crippen molar-refractivity contribution in [1.82, 2.24) is 10.2 Å². The molecule has 0 fully saturated rings. The number of anilines is 1. The lowest BCUT2D eigenvalue weighted by molar-refractivity contribution is 0.0952. The number of carbonyl (C=O) groups excluding carboxylic acids is 1. The van der Waals surface area contributed by atoms with Gasteiger partial charge in [0, 0.05) is 24.3 Å². The highest BCUT2D eigenvalue weighted by atomic mass is 32.2. The normalized spacial score (nSPS) is 11.4. The van der Waals surface area contributed by atoms with Gasteiger partial charge in [-0.05, 0) is 80.5 Å². The van der Waals surface area contributed by atoms with E-state index in [9.17, 15) is 17.6 Å². The van der Waals surface area contributed by atoms with Gasteiger partial charge in [-0.3, -0.25) is 9.52 Å². The Labute approximate surface area is 194 Å². The third kappa shape index (κ3) is 7.13. The molecule has 0 aromatic heterocycles. The van der Waals surface area contributed by atoms with Crippen LogP contribution >= 0.6 is 0 Å². The average Bonchev–Trinajstić information content (AvgIpc) is 2.79. The van der Waals surface area contributed by atoms with Crippen molar-refractivity contribution >= 4 is 21.6 Å². The Kier molecular flexibility index (Phi) is 8.19. The molecule has 0 atom stereocenters. The first-order valence-corrected chi connectivity index (χ1v) is 12.1. The van der Waals surface area contributed by atoms with E-state index in [1.54, 1.807) is 12.1 Å². The van der Waals surface area contributed by atoms with Crippen molar-refractivity contribution in [2.75, 3.05) is 24.9 Å². The Bertz CT molecular complexity index is 1180. The minimum absolute atomic E-state index is 0.0274. The van der Waals surface area contributed by atoms with Crippen LogP contribution in [0.4, 0.5) is 10.1 Å². The van der Waals surface area contributed by atoms with E-state index in [0.717, 1.165) is 25.6 Å². The topological polar surface area (TPSA) is 78.5 Å². The van der Waals surface area contributed by atoms with Crippen molar-refractivity contribution in [3.8, 4) is 0 Å². The number of amides is 1. The number of hydrogen-bond acceptors (Lipinski definition) is 4. The van der Waals surface area contributed by atoms with Gasteiger partial charge in [-0.25, -0.2) is 12.8 Å². The second-order valence-electron chi connectivity index (χ2n) is 7.93. The van der Waals surface area contributed by atoms with Crippen LogP contribution in [0.25, 0.3) is 0 Å². The molecule has 3 rings (SSSR count). The Morgan fingerprint density at radius 3 is 2.36 bits per heavy atom. The minimum Gasteiger partial charge on any atom is -0.352 e. The summed E-state index contributed by atoms with van der Waals surface area (Å²) in [6.45, 7) is 3.74. The number of halogens is 1. The number of benzene rings is 3. The van der Waals surface area contributed by atoms with Gasteiger partial charge >= 0.3 is 0 Å². The highest BCUT2D eigenvalue weighted by Gasteiger charge is 2.16. The summed E-state index contributed by atoms with van der Waals surface area (Å²) in [5, 5.41) is 2.88. The van der Waals surface area contributed by atoms with Crippen LogP contribution in [-0.2, 0) is 16.6 Å². The fourth-order valence-electron chi connectivity index (χ4n) is 3.32. The monoisotopic (exact) mass is 469 g/mol. The maximum absolute atomic E-state index is 13.4. The molecular formula is C25H28FN3O3S. The van der Waals surface area contributed by atoms with Crippen molar-refractivity contribution in [3.05, 3.63) is 95.3 Å². The molecule has 0 unspecified atom stereocenters. The molecule has 0 saturated carbocycles. The maximum atomic E-state index is 13.4. The number of carbonyl (C=O) groups is 1. The first-order valence-electron chi connectivity index (χ1n) is 10.6. The van der Waals surface area contributed by atoms with E-state index in [0.29, 0.717) is 17.8 Å². The van der Waals surface area contributed by atoms with Gasteiger partial charge in [0.25, 0.3) is 15.9 Å². The Hall–Kier alpha value is -3.23. The maximum Gasteiger partial charge on any atom is 0.261 e. The molecule has 33 heavy (non-hydrogen) atoms. The molecule has 0 radical (unpaired) electrons. The van der Waals surface area contributed by atoms with Crippen LogP contribution in [0, 0.1) is 12.7 Å². The Morgan fingerprint density at radius 1 is 1.00 bits per heavy atom. The van der Waals surface area contributed by atoms with Crippen LogP contribution in [0.2, 0.25) is 0 Å². The molecule has 3 aromatic rings. The molecule has 0 aliphatic carbocycles. The molecule has 8 heteroatoms. The summed E-state index contributed by atoms with van der Waals surface area (Å²) >= 11 is 0. The molecule has 2 N–H and O–H groups in total. The molecule has 6 nitrogen and oxygen atoms in total. The summed E-state index contributed by atoms with van der Waals surface area (Å²) in [6, 6.07) is 20.0. The summed E-state index contributed by atoms with van der Waals surface area (Å²) in [7, 11) is -1.81.